The molecule has 0 saturated heterocycles. The van der Waals surface area contributed by atoms with E-state index in [1.54, 1.807) is 0 Å². The van der Waals surface area contributed by atoms with Crippen LogP contribution in [0.3, 0.4) is 0 Å². The lowest BCUT2D eigenvalue weighted by atomic mass is 9.98. The van der Waals surface area contributed by atoms with Gasteiger partial charge in [-0.15, -0.1) is 0 Å². The van der Waals surface area contributed by atoms with Crippen LogP contribution in [0.25, 0.3) is 99.4 Å². The predicted molar refractivity (Wildman–Crippen MR) is 185 cm³/mol. The highest BCUT2D eigenvalue weighted by molar-refractivity contribution is 6.38. The standard InChI is InChI=1S/C41H23N3O/c1-2-10-26(11-3-1)43-31-16-7-13-28-29-14-8-17-32-38(29)40-34(22-20-24-19-21-33(43)39(36(24)40)37(28)31)44(32)27-12-6-9-25(23-27)41-42-30-15-4-5-18-35(30)45-41/h1-23H. The Morgan fingerprint density at radius 1 is 0.444 bits per heavy atom. The first-order valence-corrected chi connectivity index (χ1v) is 15.3. The molecule has 0 amide bonds. The molecule has 0 spiro atoms. The van der Waals surface area contributed by atoms with Gasteiger partial charge in [0, 0.05) is 43.9 Å². The van der Waals surface area contributed by atoms with Gasteiger partial charge in [0.05, 0.1) is 22.1 Å². The van der Waals surface area contributed by atoms with Crippen LogP contribution in [-0.4, -0.2) is 14.1 Å². The summed E-state index contributed by atoms with van der Waals surface area (Å²) in [6.07, 6.45) is 0. The van der Waals surface area contributed by atoms with E-state index in [1.165, 1.54) is 71.2 Å². The molecule has 208 valence electrons. The molecule has 11 rings (SSSR count). The van der Waals surface area contributed by atoms with Crippen molar-refractivity contribution in [3.63, 3.8) is 0 Å². The third-order valence-corrected chi connectivity index (χ3v) is 9.64. The number of hydrogen-bond donors (Lipinski definition) is 0. The lowest BCUT2D eigenvalue weighted by Crippen LogP contribution is -1.95. The van der Waals surface area contributed by atoms with Gasteiger partial charge in [-0.25, -0.2) is 4.98 Å². The van der Waals surface area contributed by atoms with Crippen molar-refractivity contribution in [1.82, 2.24) is 14.1 Å². The molecule has 0 unspecified atom stereocenters. The predicted octanol–water partition coefficient (Wildman–Crippen LogP) is 10.8. The van der Waals surface area contributed by atoms with Crippen molar-refractivity contribution in [3.8, 4) is 34.0 Å². The summed E-state index contributed by atoms with van der Waals surface area (Å²) in [6, 6.07) is 49.9. The normalized spacial score (nSPS) is 12.4. The van der Waals surface area contributed by atoms with Gasteiger partial charge in [0.15, 0.2) is 5.58 Å². The Morgan fingerprint density at radius 3 is 1.76 bits per heavy atom. The summed E-state index contributed by atoms with van der Waals surface area (Å²) in [5.74, 6) is 0.631. The van der Waals surface area contributed by atoms with Crippen molar-refractivity contribution in [2.45, 2.75) is 0 Å². The van der Waals surface area contributed by atoms with Crippen molar-refractivity contribution >= 4 is 65.5 Å². The van der Waals surface area contributed by atoms with Crippen LogP contribution in [0.2, 0.25) is 0 Å². The van der Waals surface area contributed by atoms with Crippen LogP contribution in [0.15, 0.2) is 144 Å². The molecule has 0 N–H and O–H groups in total. The summed E-state index contributed by atoms with van der Waals surface area (Å²) in [5.41, 5.74) is 12.3. The van der Waals surface area contributed by atoms with E-state index in [-0.39, 0.29) is 0 Å². The fraction of sp³-hybridized carbons (Fsp3) is 0. The van der Waals surface area contributed by atoms with E-state index >= 15 is 0 Å². The van der Waals surface area contributed by atoms with Gasteiger partial charge in [-0.2, -0.15) is 0 Å². The lowest BCUT2D eigenvalue weighted by molar-refractivity contribution is 0.620. The van der Waals surface area contributed by atoms with Crippen molar-refractivity contribution < 1.29 is 4.42 Å². The molecule has 1 aliphatic rings. The minimum absolute atomic E-state index is 0.631. The molecule has 0 bridgehead atoms. The van der Waals surface area contributed by atoms with Crippen LogP contribution in [0, 0.1) is 0 Å². The molecule has 7 aromatic carbocycles. The van der Waals surface area contributed by atoms with Gasteiger partial charge in [-0.05, 0) is 83.2 Å². The molecular weight excluding hydrogens is 550 g/mol. The van der Waals surface area contributed by atoms with E-state index in [2.05, 4.69) is 124 Å². The number of benzene rings is 7. The Labute approximate surface area is 257 Å². The zero-order valence-electron chi connectivity index (χ0n) is 24.0. The molecule has 0 saturated carbocycles. The molecule has 0 aliphatic heterocycles. The zero-order valence-corrected chi connectivity index (χ0v) is 24.0. The maximum absolute atomic E-state index is 6.18. The molecule has 10 aromatic rings. The van der Waals surface area contributed by atoms with Crippen molar-refractivity contribution in [3.05, 3.63) is 140 Å². The van der Waals surface area contributed by atoms with Gasteiger partial charge in [0.1, 0.15) is 5.52 Å². The molecule has 0 atom stereocenters. The Morgan fingerprint density at radius 2 is 1.04 bits per heavy atom. The first kappa shape index (κ1) is 23.3. The van der Waals surface area contributed by atoms with Gasteiger partial charge in [-0.3, -0.25) is 0 Å². The second-order valence-electron chi connectivity index (χ2n) is 12.0. The maximum atomic E-state index is 6.18. The number of fused-ring (bicyclic) bond motifs is 2. The van der Waals surface area contributed by atoms with Crippen molar-refractivity contribution in [2.75, 3.05) is 0 Å². The van der Waals surface area contributed by atoms with E-state index in [1.807, 2.05) is 24.3 Å². The highest BCUT2D eigenvalue weighted by atomic mass is 16.3. The first-order chi connectivity index (χ1) is 22.3. The van der Waals surface area contributed by atoms with Crippen LogP contribution in [0.4, 0.5) is 0 Å². The quantitative estimate of drug-likeness (QED) is 0.211. The minimum Gasteiger partial charge on any atom is -0.436 e. The molecule has 4 nitrogen and oxygen atoms in total. The van der Waals surface area contributed by atoms with Crippen molar-refractivity contribution in [2.24, 2.45) is 0 Å². The second-order valence-corrected chi connectivity index (χ2v) is 12.0. The summed E-state index contributed by atoms with van der Waals surface area (Å²) < 4.78 is 11.0. The summed E-state index contributed by atoms with van der Waals surface area (Å²) in [4.78, 5) is 4.80. The second kappa shape index (κ2) is 8.28. The molecule has 0 radical (unpaired) electrons. The highest BCUT2D eigenvalue weighted by Gasteiger charge is 2.27. The van der Waals surface area contributed by atoms with E-state index in [0.29, 0.717) is 5.89 Å². The molecule has 4 heteroatoms. The van der Waals surface area contributed by atoms with Gasteiger partial charge in [0.25, 0.3) is 0 Å². The lowest BCUT2D eigenvalue weighted by Gasteiger charge is -2.11. The summed E-state index contributed by atoms with van der Waals surface area (Å²) in [7, 11) is 0. The Bertz CT molecular complexity index is 2830. The molecule has 3 aromatic heterocycles. The summed E-state index contributed by atoms with van der Waals surface area (Å²) in [5, 5.41) is 7.83. The average molecular weight is 574 g/mol. The Hall–Kier alpha value is -6.13. The van der Waals surface area contributed by atoms with E-state index < -0.39 is 0 Å². The Kier molecular flexibility index (Phi) is 4.29. The monoisotopic (exact) mass is 573 g/mol. The van der Waals surface area contributed by atoms with Crippen molar-refractivity contribution in [1.29, 1.82) is 0 Å². The minimum atomic E-state index is 0.631. The van der Waals surface area contributed by atoms with Crippen LogP contribution >= 0.6 is 0 Å². The third kappa shape index (κ3) is 2.93. The van der Waals surface area contributed by atoms with E-state index in [9.17, 15) is 0 Å². The van der Waals surface area contributed by atoms with Gasteiger partial charge < -0.3 is 13.6 Å². The smallest absolute Gasteiger partial charge is 0.227 e. The Balaban J connectivity index is 1.29. The van der Waals surface area contributed by atoms with Crippen LogP contribution in [0.5, 0.6) is 0 Å². The van der Waals surface area contributed by atoms with Crippen LogP contribution in [0.1, 0.15) is 0 Å². The molecule has 3 heterocycles. The molecule has 45 heavy (non-hydrogen) atoms. The molecule has 0 fully saturated rings. The maximum Gasteiger partial charge on any atom is 0.227 e. The van der Waals surface area contributed by atoms with Crippen LogP contribution < -0.4 is 0 Å². The van der Waals surface area contributed by atoms with Crippen LogP contribution in [-0.2, 0) is 0 Å². The fourth-order valence-corrected chi connectivity index (χ4v) is 7.87. The van der Waals surface area contributed by atoms with Gasteiger partial charge in [0.2, 0.25) is 5.89 Å². The number of aromatic nitrogens is 3. The first-order valence-electron chi connectivity index (χ1n) is 15.3. The highest BCUT2D eigenvalue weighted by Crippen LogP contribution is 2.51. The largest absolute Gasteiger partial charge is 0.436 e. The number of hydrogen-bond acceptors (Lipinski definition) is 2. The molecule has 1 aliphatic carbocycles. The summed E-state index contributed by atoms with van der Waals surface area (Å²) >= 11 is 0. The summed E-state index contributed by atoms with van der Waals surface area (Å²) in [6.45, 7) is 0. The average Bonchev–Trinajstić information content (AvgIpc) is 3.76. The number of rotatable bonds is 3. The van der Waals surface area contributed by atoms with E-state index in [4.69, 9.17) is 9.40 Å². The van der Waals surface area contributed by atoms with Gasteiger partial charge >= 0.3 is 0 Å². The number of oxazole rings is 1. The fourth-order valence-electron chi connectivity index (χ4n) is 7.87. The third-order valence-electron chi connectivity index (χ3n) is 9.64. The number of para-hydroxylation sites is 3. The topological polar surface area (TPSA) is 35.9 Å². The van der Waals surface area contributed by atoms with Gasteiger partial charge in [-0.1, -0.05) is 72.8 Å². The molecular formula is C41H23N3O. The zero-order chi connectivity index (χ0) is 29.2. The number of nitrogens with zero attached hydrogens (tertiary/aromatic N) is 3. The van der Waals surface area contributed by atoms with E-state index in [0.717, 1.165) is 22.4 Å². The SMILES string of the molecule is c1ccc(-n2c3cccc4c3c3c5c(ccc32)ccc2c5c3c-4cccc3n2-c2cccc(-c3nc4ccccc4o3)c2)cc1.